The average Bonchev–Trinajstić information content (AvgIpc) is 2.26. The van der Waals surface area contributed by atoms with Crippen molar-refractivity contribution in [2.45, 2.75) is 13.0 Å². The van der Waals surface area contributed by atoms with Crippen molar-refractivity contribution in [3.05, 3.63) is 29.8 Å². The Morgan fingerprint density at radius 2 is 1.93 bits per heavy atom. The summed E-state index contributed by atoms with van der Waals surface area (Å²) >= 11 is 0. The summed E-state index contributed by atoms with van der Waals surface area (Å²) in [7, 11) is 4.05. The van der Waals surface area contributed by atoms with Crippen molar-refractivity contribution in [2.24, 2.45) is 0 Å². The molecule has 1 rings (SSSR count). The third kappa shape index (κ3) is 3.00. The summed E-state index contributed by atoms with van der Waals surface area (Å²) < 4.78 is 0. The lowest BCUT2D eigenvalue weighted by Gasteiger charge is -2.15. The number of hydrogen-bond donors (Lipinski definition) is 1. The molecule has 0 spiro atoms. The number of rotatable bonds is 4. The fourth-order valence-corrected chi connectivity index (χ4v) is 1.44. The molecule has 0 heterocycles. The van der Waals surface area contributed by atoms with E-state index < -0.39 is 0 Å². The molecule has 0 radical (unpaired) electrons. The number of nitrogens with one attached hydrogen (secondary N) is 1. The van der Waals surface area contributed by atoms with Crippen molar-refractivity contribution in [1.82, 2.24) is 5.32 Å². The van der Waals surface area contributed by atoms with Crippen molar-refractivity contribution in [2.75, 3.05) is 25.5 Å². The first kappa shape index (κ1) is 11.6. The first-order valence-electron chi connectivity index (χ1n) is 5.15. The molecule has 0 aliphatic heterocycles. The molecule has 15 heavy (non-hydrogen) atoms. The Kier molecular flexibility index (Phi) is 4.20. The standard InChI is InChI=1S/C13H18N2/c1-5-13(14-6-2)11-7-9-12(10-8-11)15(3)4/h1,7-10,13-14H,6H2,2-4H3. The van der Waals surface area contributed by atoms with E-state index in [9.17, 15) is 0 Å². The second-order valence-corrected chi connectivity index (χ2v) is 3.64. The summed E-state index contributed by atoms with van der Waals surface area (Å²) in [5.41, 5.74) is 2.33. The molecule has 0 bridgehead atoms. The van der Waals surface area contributed by atoms with Crippen LogP contribution in [0.5, 0.6) is 0 Å². The Morgan fingerprint density at radius 3 is 2.33 bits per heavy atom. The Bertz CT molecular complexity index is 333. The normalized spacial score (nSPS) is 11.9. The molecule has 2 nitrogen and oxygen atoms in total. The Hall–Kier alpha value is -1.46. The highest BCUT2D eigenvalue weighted by molar-refractivity contribution is 5.47. The third-order valence-corrected chi connectivity index (χ3v) is 2.32. The van der Waals surface area contributed by atoms with E-state index in [1.807, 2.05) is 14.1 Å². The molecule has 0 aliphatic carbocycles. The van der Waals surface area contributed by atoms with E-state index in [1.54, 1.807) is 0 Å². The SMILES string of the molecule is C#CC(NCC)c1ccc(N(C)C)cc1. The molecule has 0 amide bonds. The maximum Gasteiger partial charge on any atom is 0.0943 e. The van der Waals surface area contributed by atoms with Gasteiger partial charge in [0.2, 0.25) is 0 Å². The minimum absolute atomic E-state index is 0.0196. The Labute approximate surface area is 92.3 Å². The monoisotopic (exact) mass is 202 g/mol. The van der Waals surface area contributed by atoms with Gasteiger partial charge in [-0.15, -0.1) is 6.42 Å². The molecule has 1 aromatic carbocycles. The van der Waals surface area contributed by atoms with Gasteiger partial charge in [0.25, 0.3) is 0 Å². The van der Waals surface area contributed by atoms with Crippen LogP contribution in [0.15, 0.2) is 24.3 Å². The smallest absolute Gasteiger partial charge is 0.0943 e. The molecule has 2 heteroatoms. The fraction of sp³-hybridized carbons (Fsp3) is 0.385. The van der Waals surface area contributed by atoms with Crippen LogP contribution < -0.4 is 10.2 Å². The van der Waals surface area contributed by atoms with E-state index in [2.05, 4.69) is 47.3 Å². The summed E-state index contributed by atoms with van der Waals surface area (Å²) in [6.45, 7) is 2.93. The zero-order valence-electron chi connectivity index (χ0n) is 9.62. The van der Waals surface area contributed by atoms with Gasteiger partial charge in [-0.05, 0) is 24.2 Å². The van der Waals surface area contributed by atoms with Gasteiger partial charge in [-0.25, -0.2) is 0 Å². The molecule has 1 N–H and O–H groups in total. The quantitative estimate of drug-likeness (QED) is 0.752. The maximum atomic E-state index is 5.47. The zero-order valence-corrected chi connectivity index (χ0v) is 9.62. The first-order chi connectivity index (χ1) is 7.19. The number of terminal acetylenes is 1. The van der Waals surface area contributed by atoms with Crippen molar-refractivity contribution in [3.63, 3.8) is 0 Å². The molecule has 1 aromatic rings. The van der Waals surface area contributed by atoms with Crippen molar-refractivity contribution in [1.29, 1.82) is 0 Å². The molecular formula is C13H18N2. The van der Waals surface area contributed by atoms with Crippen LogP contribution in [-0.4, -0.2) is 20.6 Å². The van der Waals surface area contributed by atoms with Crippen LogP contribution in [-0.2, 0) is 0 Å². The van der Waals surface area contributed by atoms with E-state index in [0.717, 1.165) is 12.1 Å². The summed E-state index contributed by atoms with van der Waals surface area (Å²) in [5.74, 6) is 2.74. The van der Waals surface area contributed by atoms with Gasteiger partial charge < -0.3 is 10.2 Å². The molecule has 80 valence electrons. The number of benzene rings is 1. The van der Waals surface area contributed by atoms with Crippen LogP contribution in [0, 0.1) is 12.3 Å². The van der Waals surface area contributed by atoms with Crippen LogP contribution in [0.25, 0.3) is 0 Å². The minimum Gasteiger partial charge on any atom is -0.378 e. The van der Waals surface area contributed by atoms with E-state index >= 15 is 0 Å². The van der Waals surface area contributed by atoms with Crippen molar-refractivity contribution in [3.8, 4) is 12.3 Å². The maximum absolute atomic E-state index is 5.47. The van der Waals surface area contributed by atoms with E-state index in [0.29, 0.717) is 0 Å². The van der Waals surface area contributed by atoms with Gasteiger partial charge in [0.1, 0.15) is 0 Å². The summed E-state index contributed by atoms with van der Waals surface area (Å²) in [6, 6.07) is 8.32. The predicted octanol–water partition coefficient (Wildman–Crippen LogP) is 2.04. The number of anilines is 1. The van der Waals surface area contributed by atoms with E-state index in [4.69, 9.17) is 6.42 Å². The number of nitrogens with zero attached hydrogens (tertiary/aromatic N) is 1. The van der Waals surface area contributed by atoms with Gasteiger partial charge in [-0.1, -0.05) is 25.0 Å². The highest BCUT2D eigenvalue weighted by atomic mass is 15.1. The van der Waals surface area contributed by atoms with Crippen LogP contribution in [0.3, 0.4) is 0 Å². The van der Waals surface area contributed by atoms with Gasteiger partial charge in [0.05, 0.1) is 6.04 Å². The second-order valence-electron chi connectivity index (χ2n) is 3.64. The topological polar surface area (TPSA) is 15.3 Å². The second kappa shape index (κ2) is 5.43. The molecular weight excluding hydrogens is 184 g/mol. The minimum atomic E-state index is 0.0196. The largest absolute Gasteiger partial charge is 0.378 e. The molecule has 0 saturated carbocycles. The lowest BCUT2D eigenvalue weighted by molar-refractivity contribution is 0.665. The lowest BCUT2D eigenvalue weighted by Crippen LogP contribution is -2.19. The average molecular weight is 202 g/mol. The van der Waals surface area contributed by atoms with Crippen LogP contribution in [0.1, 0.15) is 18.5 Å². The van der Waals surface area contributed by atoms with Crippen molar-refractivity contribution < 1.29 is 0 Å². The van der Waals surface area contributed by atoms with Gasteiger partial charge in [0, 0.05) is 19.8 Å². The van der Waals surface area contributed by atoms with E-state index in [-0.39, 0.29) is 6.04 Å². The molecule has 0 saturated heterocycles. The number of hydrogen-bond acceptors (Lipinski definition) is 2. The summed E-state index contributed by atoms with van der Waals surface area (Å²) in [6.07, 6.45) is 5.47. The van der Waals surface area contributed by atoms with Crippen LogP contribution in [0.2, 0.25) is 0 Å². The molecule has 0 aromatic heterocycles. The Morgan fingerprint density at radius 1 is 1.33 bits per heavy atom. The third-order valence-electron chi connectivity index (χ3n) is 2.32. The van der Waals surface area contributed by atoms with E-state index in [1.165, 1.54) is 5.69 Å². The highest BCUT2D eigenvalue weighted by Gasteiger charge is 2.05. The summed E-state index contributed by atoms with van der Waals surface area (Å²) in [4.78, 5) is 2.07. The Balaban J connectivity index is 2.83. The molecule has 0 fully saturated rings. The molecule has 1 unspecified atom stereocenters. The molecule has 1 atom stereocenters. The lowest BCUT2D eigenvalue weighted by atomic mass is 10.1. The summed E-state index contributed by atoms with van der Waals surface area (Å²) in [5, 5.41) is 3.25. The predicted molar refractivity (Wildman–Crippen MR) is 66.0 cm³/mol. The van der Waals surface area contributed by atoms with Crippen LogP contribution in [0.4, 0.5) is 5.69 Å². The van der Waals surface area contributed by atoms with Gasteiger partial charge in [-0.3, -0.25) is 0 Å². The van der Waals surface area contributed by atoms with Crippen molar-refractivity contribution >= 4 is 5.69 Å². The van der Waals surface area contributed by atoms with Gasteiger partial charge in [-0.2, -0.15) is 0 Å². The van der Waals surface area contributed by atoms with Gasteiger partial charge in [0.15, 0.2) is 0 Å². The fourth-order valence-electron chi connectivity index (χ4n) is 1.44. The van der Waals surface area contributed by atoms with Crippen LogP contribution >= 0.6 is 0 Å². The zero-order chi connectivity index (χ0) is 11.3. The first-order valence-corrected chi connectivity index (χ1v) is 5.15. The molecule has 0 aliphatic rings. The highest BCUT2D eigenvalue weighted by Crippen LogP contribution is 2.17. The van der Waals surface area contributed by atoms with Gasteiger partial charge >= 0.3 is 0 Å².